The second kappa shape index (κ2) is 7.77. The van der Waals surface area contributed by atoms with Crippen LogP contribution in [0, 0.1) is 0 Å². The maximum atomic E-state index is 12.3. The molecule has 1 fully saturated rings. The molecule has 1 saturated heterocycles. The Morgan fingerprint density at radius 1 is 1.04 bits per heavy atom. The van der Waals surface area contributed by atoms with E-state index in [1.807, 2.05) is 12.1 Å². The average molecular weight is 339 g/mol. The summed E-state index contributed by atoms with van der Waals surface area (Å²) in [5, 5.41) is 0. The highest BCUT2D eigenvalue weighted by Crippen LogP contribution is 2.23. The zero-order chi connectivity index (χ0) is 16.9. The summed E-state index contributed by atoms with van der Waals surface area (Å²) in [5.41, 5.74) is 1.17. The van der Waals surface area contributed by atoms with Crippen LogP contribution in [0.2, 0.25) is 0 Å². The number of nitrogens with one attached hydrogen (secondary N) is 1. The van der Waals surface area contributed by atoms with Crippen molar-refractivity contribution in [3.63, 3.8) is 0 Å². The van der Waals surface area contributed by atoms with Crippen molar-refractivity contribution >= 4 is 10.0 Å². The van der Waals surface area contributed by atoms with E-state index in [9.17, 15) is 8.42 Å². The Labute approximate surface area is 141 Å². The maximum absolute atomic E-state index is 12.3. The van der Waals surface area contributed by atoms with Crippen molar-refractivity contribution in [2.75, 3.05) is 26.2 Å². The molecule has 1 aliphatic rings. The van der Waals surface area contributed by atoms with Gasteiger partial charge in [-0.2, -0.15) is 0 Å². The number of benzene rings is 1. The van der Waals surface area contributed by atoms with Crippen LogP contribution in [0.15, 0.2) is 29.2 Å². The summed E-state index contributed by atoms with van der Waals surface area (Å²) in [5.74, 6) is 0. The van der Waals surface area contributed by atoms with Gasteiger partial charge in [0.25, 0.3) is 0 Å². The second-order valence-corrected chi connectivity index (χ2v) is 9.19. The molecule has 23 heavy (non-hydrogen) atoms. The predicted molar refractivity (Wildman–Crippen MR) is 95.2 cm³/mol. The van der Waals surface area contributed by atoms with Crippen LogP contribution in [0.1, 0.15) is 52.0 Å². The fraction of sp³-hybridized carbons (Fsp3) is 0.667. The summed E-state index contributed by atoms with van der Waals surface area (Å²) < 4.78 is 27.4. The van der Waals surface area contributed by atoms with Crippen LogP contribution in [-0.2, 0) is 15.4 Å². The Hall–Kier alpha value is -0.910. The zero-order valence-corrected chi connectivity index (χ0v) is 15.5. The standard InChI is InChI=1S/C18H30N2O2S/c1-18(2,3)16-8-10-17(11-9-16)23(21,22)19-12-7-15-20-13-5-4-6-14-20/h8-11,19H,4-7,12-15H2,1-3H3. The number of nitrogens with zero attached hydrogens (tertiary/aromatic N) is 1. The quantitative estimate of drug-likeness (QED) is 0.811. The van der Waals surface area contributed by atoms with E-state index in [1.165, 1.54) is 19.3 Å². The van der Waals surface area contributed by atoms with E-state index >= 15 is 0 Å². The Balaban J connectivity index is 1.83. The maximum Gasteiger partial charge on any atom is 0.240 e. The minimum Gasteiger partial charge on any atom is -0.303 e. The summed E-state index contributed by atoms with van der Waals surface area (Å²) in [4.78, 5) is 2.78. The van der Waals surface area contributed by atoms with Crippen molar-refractivity contribution in [1.29, 1.82) is 0 Å². The number of likely N-dealkylation sites (tertiary alicyclic amines) is 1. The normalized spacial score (nSPS) is 17.3. The third kappa shape index (κ3) is 5.59. The molecule has 4 nitrogen and oxygen atoms in total. The fourth-order valence-corrected chi connectivity index (χ4v) is 3.98. The summed E-state index contributed by atoms with van der Waals surface area (Å²) >= 11 is 0. The first-order valence-corrected chi connectivity index (χ1v) is 10.1. The van der Waals surface area contributed by atoms with E-state index in [0.717, 1.165) is 31.6 Å². The molecule has 0 radical (unpaired) electrons. The van der Waals surface area contributed by atoms with Crippen LogP contribution in [0.3, 0.4) is 0 Å². The van der Waals surface area contributed by atoms with Gasteiger partial charge in [-0.15, -0.1) is 0 Å². The molecule has 0 spiro atoms. The van der Waals surface area contributed by atoms with Crippen LogP contribution >= 0.6 is 0 Å². The summed E-state index contributed by atoms with van der Waals surface area (Å²) in [7, 11) is -3.39. The van der Waals surface area contributed by atoms with Crippen LogP contribution in [0.25, 0.3) is 0 Å². The van der Waals surface area contributed by atoms with Crippen molar-refractivity contribution in [2.24, 2.45) is 0 Å². The lowest BCUT2D eigenvalue weighted by atomic mass is 9.87. The van der Waals surface area contributed by atoms with Gasteiger partial charge in [0.15, 0.2) is 0 Å². The Morgan fingerprint density at radius 2 is 1.65 bits per heavy atom. The minimum absolute atomic E-state index is 0.0319. The first kappa shape index (κ1) is 18.4. The summed E-state index contributed by atoms with van der Waals surface area (Å²) in [6, 6.07) is 7.21. The van der Waals surface area contributed by atoms with Crippen LogP contribution in [0.4, 0.5) is 0 Å². The first-order valence-electron chi connectivity index (χ1n) is 8.62. The van der Waals surface area contributed by atoms with Crippen LogP contribution in [0.5, 0.6) is 0 Å². The van der Waals surface area contributed by atoms with Crippen molar-refractivity contribution < 1.29 is 8.42 Å². The number of rotatable bonds is 6. The monoisotopic (exact) mass is 338 g/mol. The van der Waals surface area contributed by atoms with E-state index in [2.05, 4.69) is 30.4 Å². The lowest BCUT2D eigenvalue weighted by molar-refractivity contribution is 0.227. The highest BCUT2D eigenvalue weighted by molar-refractivity contribution is 7.89. The highest BCUT2D eigenvalue weighted by Gasteiger charge is 2.17. The van der Waals surface area contributed by atoms with E-state index in [-0.39, 0.29) is 5.41 Å². The molecule has 2 rings (SSSR count). The Morgan fingerprint density at radius 3 is 2.22 bits per heavy atom. The average Bonchev–Trinajstić information content (AvgIpc) is 2.52. The predicted octanol–water partition coefficient (Wildman–Crippen LogP) is 3.14. The summed E-state index contributed by atoms with van der Waals surface area (Å²) in [6.07, 6.45) is 4.73. The molecular formula is C18H30N2O2S. The van der Waals surface area contributed by atoms with Crippen LogP contribution in [-0.4, -0.2) is 39.5 Å². The second-order valence-electron chi connectivity index (χ2n) is 7.43. The van der Waals surface area contributed by atoms with E-state index in [0.29, 0.717) is 11.4 Å². The van der Waals surface area contributed by atoms with Crippen molar-refractivity contribution in [1.82, 2.24) is 9.62 Å². The smallest absolute Gasteiger partial charge is 0.240 e. The number of hydrogen-bond acceptors (Lipinski definition) is 3. The molecule has 0 amide bonds. The van der Waals surface area contributed by atoms with Crippen molar-refractivity contribution in [2.45, 2.75) is 56.8 Å². The van der Waals surface area contributed by atoms with Gasteiger partial charge in [0.2, 0.25) is 10.0 Å². The van der Waals surface area contributed by atoms with Gasteiger partial charge in [0.05, 0.1) is 4.90 Å². The molecule has 0 aromatic heterocycles. The van der Waals surface area contributed by atoms with Gasteiger partial charge >= 0.3 is 0 Å². The molecule has 0 unspecified atom stereocenters. The van der Waals surface area contributed by atoms with Crippen molar-refractivity contribution in [3.05, 3.63) is 29.8 Å². The number of piperidine rings is 1. The molecule has 1 aromatic carbocycles. The van der Waals surface area contributed by atoms with E-state index < -0.39 is 10.0 Å². The SMILES string of the molecule is CC(C)(C)c1ccc(S(=O)(=O)NCCCN2CCCCC2)cc1. The number of sulfonamides is 1. The van der Waals surface area contributed by atoms with Gasteiger partial charge < -0.3 is 4.90 Å². The lowest BCUT2D eigenvalue weighted by Gasteiger charge is -2.26. The molecule has 1 aromatic rings. The van der Waals surface area contributed by atoms with Crippen LogP contribution < -0.4 is 4.72 Å². The molecule has 1 N–H and O–H groups in total. The largest absolute Gasteiger partial charge is 0.303 e. The zero-order valence-electron chi connectivity index (χ0n) is 14.6. The van der Waals surface area contributed by atoms with Gasteiger partial charge in [-0.25, -0.2) is 13.1 Å². The van der Waals surface area contributed by atoms with E-state index in [4.69, 9.17) is 0 Å². The molecule has 0 saturated carbocycles. The van der Waals surface area contributed by atoms with Gasteiger partial charge in [0.1, 0.15) is 0 Å². The molecular weight excluding hydrogens is 308 g/mol. The molecule has 5 heteroatoms. The minimum atomic E-state index is -3.39. The Kier molecular flexibility index (Phi) is 6.23. The Bertz CT molecular complexity index is 582. The molecule has 130 valence electrons. The van der Waals surface area contributed by atoms with E-state index in [1.54, 1.807) is 12.1 Å². The number of hydrogen-bond donors (Lipinski definition) is 1. The van der Waals surface area contributed by atoms with Gasteiger partial charge in [0, 0.05) is 6.54 Å². The molecule has 0 aliphatic carbocycles. The topological polar surface area (TPSA) is 49.4 Å². The third-order valence-electron chi connectivity index (χ3n) is 4.42. The first-order chi connectivity index (χ1) is 10.8. The highest BCUT2D eigenvalue weighted by atomic mass is 32.2. The van der Waals surface area contributed by atoms with Crippen molar-refractivity contribution in [3.8, 4) is 0 Å². The molecule has 0 bridgehead atoms. The molecule has 1 heterocycles. The molecule has 1 aliphatic heterocycles. The van der Waals surface area contributed by atoms with Gasteiger partial charge in [-0.1, -0.05) is 39.3 Å². The lowest BCUT2D eigenvalue weighted by Crippen LogP contribution is -2.33. The molecule has 0 atom stereocenters. The fourth-order valence-electron chi connectivity index (χ4n) is 2.91. The van der Waals surface area contributed by atoms with Gasteiger partial charge in [-0.3, -0.25) is 0 Å². The third-order valence-corrected chi connectivity index (χ3v) is 5.90. The van der Waals surface area contributed by atoms with Gasteiger partial charge in [-0.05, 0) is 62.0 Å². The summed E-state index contributed by atoms with van der Waals surface area (Å²) in [6.45, 7) is 10.1.